The van der Waals surface area contributed by atoms with Crippen LogP contribution in [0.2, 0.25) is 0 Å². The summed E-state index contributed by atoms with van der Waals surface area (Å²) in [6.45, 7) is 0.447. The Labute approximate surface area is 108 Å². The third-order valence-electron chi connectivity index (χ3n) is 2.54. The van der Waals surface area contributed by atoms with Gasteiger partial charge in [-0.2, -0.15) is 13.2 Å². The third-order valence-corrected chi connectivity index (χ3v) is 2.54. The fraction of sp³-hybridized carbons (Fsp3) is 0.231. The van der Waals surface area contributed by atoms with E-state index in [1.807, 2.05) is 30.3 Å². The van der Waals surface area contributed by atoms with Gasteiger partial charge in [0.05, 0.1) is 0 Å². The average molecular weight is 267 g/mol. The second-order valence-electron chi connectivity index (χ2n) is 4.08. The van der Waals surface area contributed by atoms with Gasteiger partial charge in [0.25, 0.3) is 0 Å². The minimum Gasteiger partial charge on any atom is -0.340 e. The molecule has 0 amide bonds. The van der Waals surface area contributed by atoms with Gasteiger partial charge in [0.1, 0.15) is 5.69 Å². The molecule has 0 aliphatic heterocycles. The van der Waals surface area contributed by atoms with E-state index in [9.17, 15) is 13.2 Å². The lowest BCUT2D eigenvalue weighted by molar-refractivity contribution is -0.141. The maximum Gasteiger partial charge on any atom is 0.433 e. The summed E-state index contributed by atoms with van der Waals surface area (Å²) >= 11 is 0. The Balaban J connectivity index is 2.18. The second-order valence-corrected chi connectivity index (χ2v) is 4.08. The quantitative estimate of drug-likeness (QED) is 0.855. The van der Waals surface area contributed by atoms with Gasteiger partial charge in [0, 0.05) is 19.8 Å². The molecule has 1 aromatic heterocycles. The average Bonchev–Trinajstić information content (AvgIpc) is 2.39. The third kappa shape index (κ3) is 3.43. The number of rotatable bonds is 3. The highest BCUT2D eigenvalue weighted by molar-refractivity contribution is 5.32. The van der Waals surface area contributed by atoms with Gasteiger partial charge in [-0.15, -0.1) is 0 Å². The summed E-state index contributed by atoms with van der Waals surface area (Å²) in [5, 5.41) is 0. The standard InChI is InChI=1S/C13H12F3N3/c1-19(9-10-5-3-2-4-6-10)12-17-8-7-11(18-12)13(14,15)16/h2-8H,9H2,1H3. The molecule has 0 bridgehead atoms. The molecule has 100 valence electrons. The Kier molecular flexibility index (Phi) is 3.69. The second kappa shape index (κ2) is 5.26. The normalized spacial score (nSPS) is 11.4. The van der Waals surface area contributed by atoms with Crippen LogP contribution in [0.1, 0.15) is 11.3 Å². The lowest BCUT2D eigenvalue weighted by Crippen LogP contribution is -2.20. The zero-order valence-corrected chi connectivity index (χ0v) is 10.2. The topological polar surface area (TPSA) is 29.0 Å². The first-order valence-electron chi connectivity index (χ1n) is 5.62. The highest BCUT2D eigenvalue weighted by Gasteiger charge is 2.33. The van der Waals surface area contributed by atoms with E-state index in [1.165, 1.54) is 0 Å². The van der Waals surface area contributed by atoms with E-state index in [1.54, 1.807) is 11.9 Å². The predicted octanol–water partition coefficient (Wildman–Crippen LogP) is 3.13. The van der Waals surface area contributed by atoms with Crippen LogP contribution in [-0.4, -0.2) is 17.0 Å². The SMILES string of the molecule is CN(Cc1ccccc1)c1nccc(C(F)(F)F)n1. The van der Waals surface area contributed by atoms with Crippen molar-refractivity contribution in [2.75, 3.05) is 11.9 Å². The molecule has 19 heavy (non-hydrogen) atoms. The van der Waals surface area contributed by atoms with Gasteiger partial charge in [0.15, 0.2) is 0 Å². The molecule has 2 aromatic rings. The lowest BCUT2D eigenvalue weighted by atomic mass is 10.2. The fourth-order valence-corrected chi connectivity index (χ4v) is 1.62. The molecule has 0 aliphatic carbocycles. The Morgan fingerprint density at radius 1 is 1.11 bits per heavy atom. The smallest absolute Gasteiger partial charge is 0.340 e. The molecule has 1 heterocycles. The minimum atomic E-state index is -4.45. The van der Waals surface area contributed by atoms with Crippen molar-refractivity contribution >= 4 is 5.95 Å². The van der Waals surface area contributed by atoms with Crippen molar-refractivity contribution in [2.45, 2.75) is 12.7 Å². The van der Waals surface area contributed by atoms with E-state index in [0.717, 1.165) is 17.8 Å². The number of benzene rings is 1. The van der Waals surface area contributed by atoms with Gasteiger partial charge in [-0.1, -0.05) is 30.3 Å². The van der Waals surface area contributed by atoms with Gasteiger partial charge >= 0.3 is 6.18 Å². The van der Waals surface area contributed by atoms with Gasteiger partial charge < -0.3 is 4.90 Å². The summed E-state index contributed by atoms with van der Waals surface area (Å²) in [6, 6.07) is 10.3. The van der Waals surface area contributed by atoms with Crippen molar-refractivity contribution in [3.63, 3.8) is 0 Å². The molecule has 0 atom stereocenters. The van der Waals surface area contributed by atoms with Gasteiger partial charge in [-0.25, -0.2) is 9.97 Å². The first kappa shape index (κ1) is 13.3. The first-order chi connectivity index (χ1) is 8.97. The largest absolute Gasteiger partial charge is 0.433 e. The van der Waals surface area contributed by atoms with Crippen molar-refractivity contribution in [1.29, 1.82) is 0 Å². The molecule has 3 nitrogen and oxygen atoms in total. The Morgan fingerprint density at radius 2 is 1.79 bits per heavy atom. The molecule has 1 aromatic carbocycles. The van der Waals surface area contributed by atoms with E-state index in [4.69, 9.17) is 0 Å². The van der Waals surface area contributed by atoms with Crippen LogP contribution in [0.25, 0.3) is 0 Å². The monoisotopic (exact) mass is 267 g/mol. The number of alkyl halides is 3. The van der Waals surface area contributed by atoms with Gasteiger partial charge in [-0.05, 0) is 11.6 Å². The Morgan fingerprint density at radius 3 is 2.42 bits per heavy atom. The molecule has 0 aliphatic rings. The molecular weight excluding hydrogens is 255 g/mol. The number of halogens is 3. The lowest BCUT2D eigenvalue weighted by Gasteiger charge is -2.18. The number of anilines is 1. The van der Waals surface area contributed by atoms with E-state index >= 15 is 0 Å². The summed E-state index contributed by atoms with van der Waals surface area (Å²) in [6.07, 6.45) is -3.34. The van der Waals surface area contributed by atoms with Crippen LogP contribution in [-0.2, 0) is 12.7 Å². The van der Waals surface area contributed by atoms with Crippen LogP contribution in [0.4, 0.5) is 19.1 Å². The highest BCUT2D eigenvalue weighted by atomic mass is 19.4. The van der Waals surface area contributed by atoms with Gasteiger partial charge in [-0.3, -0.25) is 0 Å². The molecule has 0 fully saturated rings. The maximum atomic E-state index is 12.5. The maximum absolute atomic E-state index is 12.5. The fourth-order valence-electron chi connectivity index (χ4n) is 1.62. The van der Waals surface area contributed by atoms with Crippen molar-refractivity contribution < 1.29 is 13.2 Å². The van der Waals surface area contributed by atoms with E-state index < -0.39 is 11.9 Å². The minimum absolute atomic E-state index is 0.0543. The van der Waals surface area contributed by atoms with E-state index in [2.05, 4.69) is 9.97 Å². The predicted molar refractivity (Wildman–Crippen MR) is 65.6 cm³/mol. The van der Waals surface area contributed by atoms with Crippen LogP contribution >= 0.6 is 0 Å². The molecule has 0 unspecified atom stereocenters. The number of hydrogen-bond acceptors (Lipinski definition) is 3. The molecule has 2 rings (SSSR count). The van der Waals surface area contributed by atoms with Crippen LogP contribution in [0.15, 0.2) is 42.6 Å². The van der Waals surface area contributed by atoms with Crippen molar-refractivity contribution in [1.82, 2.24) is 9.97 Å². The van der Waals surface area contributed by atoms with E-state index in [-0.39, 0.29) is 5.95 Å². The summed E-state index contributed by atoms with van der Waals surface area (Å²) in [7, 11) is 1.66. The summed E-state index contributed by atoms with van der Waals surface area (Å²) in [5.74, 6) is 0.0543. The molecule has 0 spiro atoms. The molecular formula is C13H12F3N3. The molecule has 0 saturated carbocycles. The van der Waals surface area contributed by atoms with Crippen LogP contribution in [0.3, 0.4) is 0 Å². The zero-order valence-electron chi connectivity index (χ0n) is 10.2. The molecule has 0 saturated heterocycles. The Hall–Kier alpha value is -2.11. The van der Waals surface area contributed by atoms with Crippen LogP contribution in [0.5, 0.6) is 0 Å². The van der Waals surface area contributed by atoms with Crippen LogP contribution < -0.4 is 4.90 Å². The molecule has 0 N–H and O–H groups in total. The number of nitrogens with zero attached hydrogens (tertiary/aromatic N) is 3. The van der Waals surface area contributed by atoms with Crippen LogP contribution in [0, 0.1) is 0 Å². The number of aromatic nitrogens is 2. The number of hydrogen-bond donors (Lipinski definition) is 0. The first-order valence-corrected chi connectivity index (χ1v) is 5.62. The van der Waals surface area contributed by atoms with Crippen molar-refractivity contribution in [3.8, 4) is 0 Å². The zero-order chi connectivity index (χ0) is 13.9. The summed E-state index contributed by atoms with van der Waals surface area (Å²) in [4.78, 5) is 8.97. The molecule has 0 radical (unpaired) electrons. The Bertz CT molecular complexity index is 540. The van der Waals surface area contributed by atoms with E-state index in [0.29, 0.717) is 6.54 Å². The molecule has 6 heteroatoms. The van der Waals surface area contributed by atoms with Crippen molar-refractivity contribution in [2.24, 2.45) is 0 Å². The van der Waals surface area contributed by atoms with Gasteiger partial charge in [0.2, 0.25) is 5.95 Å². The summed E-state index contributed by atoms with van der Waals surface area (Å²) < 4.78 is 37.6. The summed E-state index contributed by atoms with van der Waals surface area (Å²) in [5.41, 5.74) is 0.0448. The van der Waals surface area contributed by atoms with Crippen molar-refractivity contribution in [3.05, 3.63) is 53.9 Å². The highest BCUT2D eigenvalue weighted by Crippen LogP contribution is 2.28.